The second-order valence-corrected chi connectivity index (χ2v) is 7.03. The summed E-state index contributed by atoms with van der Waals surface area (Å²) in [4.78, 5) is 9.13. The molecular formula is C19H28N4O2. The molecule has 1 aliphatic heterocycles. The predicted molar refractivity (Wildman–Crippen MR) is 96.1 cm³/mol. The predicted octanol–water partition coefficient (Wildman–Crippen LogP) is 2.22. The minimum atomic E-state index is -0.836. The van der Waals surface area contributed by atoms with Gasteiger partial charge in [0.05, 0.1) is 11.6 Å². The molecule has 6 heteroatoms. The van der Waals surface area contributed by atoms with E-state index in [1.807, 2.05) is 44.2 Å². The van der Waals surface area contributed by atoms with Gasteiger partial charge >= 0.3 is 0 Å². The third-order valence-electron chi connectivity index (χ3n) is 5.04. The number of benzene rings is 1. The first-order chi connectivity index (χ1) is 12.0. The fraction of sp³-hybridized carbons (Fsp3) is 0.579. The van der Waals surface area contributed by atoms with Gasteiger partial charge in [0.1, 0.15) is 0 Å². The van der Waals surface area contributed by atoms with Crippen LogP contribution in [-0.2, 0) is 12.0 Å². The van der Waals surface area contributed by atoms with E-state index in [2.05, 4.69) is 26.9 Å². The van der Waals surface area contributed by atoms with Crippen LogP contribution in [0.1, 0.15) is 44.1 Å². The van der Waals surface area contributed by atoms with Gasteiger partial charge in [0.2, 0.25) is 5.89 Å². The molecule has 1 aromatic heterocycles. The lowest BCUT2D eigenvalue weighted by atomic mass is 9.95. The van der Waals surface area contributed by atoms with E-state index < -0.39 is 5.60 Å². The molecule has 1 saturated heterocycles. The lowest BCUT2D eigenvalue weighted by molar-refractivity contribution is -0.00578. The van der Waals surface area contributed by atoms with Crippen LogP contribution in [0.2, 0.25) is 0 Å². The van der Waals surface area contributed by atoms with Crippen molar-refractivity contribution in [3.63, 3.8) is 0 Å². The summed E-state index contributed by atoms with van der Waals surface area (Å²) in [6.07, 6.45) is 0.790. The van der Waals surface area contributed by atoms with Gasteiger partial charge in [-0.25, -0.2) is 0 Å². The van der Waals surface area contributed by atoms with Crippen molar-refractivity contribution in [2.75, 3.05) is 32.7 Å². The highest BCUT2D eigenvalue weighted by molar-refractivity contribution is 5.21. The summed E-state index contributed by atoms with van der Waals surface area (Å²) < 4.78 is 5.38. The van der Waals surface area contributed by atoms with Gasteiger partial charge in [0, 0.05) is 39.1 Å². The van der Waals surface area contributed by atoms with E-state index in [-0.39, 0.29) is 6.04 Å². The van der Waals surface area contributed by atoms with Crippen molar-refractivity contribution in [1.82, 2.24) is 19.9 Å². The normalized spacial score (nSPS) is 20.3. The molecule has 3 rings (SSSR count). The molecule has 0 aliphatic carbocycles. The molecule has 0 spiro atoms. The number of nitrogens with zero attached hydrogens (tertiary/aromatic N) is 4. The lowest BCUT2D eigenvalue weighted by Crippen LogP contribution is -2.50. The number of hydrogen-bond donors (Lipinski definition) is 1. The van der Waals surface area contributed by atoms with Crippen molar-refractivity contribution in [1.29, 1.82) is 0 Å². The third kappa shape index (κ3) is 4.26. The van der Waals surface area contributed by atoms with E-state index in [0.29, 0.717) is 12.4 Å². The largest absolute Gasteiger partial charge is 0.384 e. The smallest absolute Gasteiger partial charge is 0.243 e. The molecule has 2 heterocycles. The summed E-state index contributed by atoms with van der Waals surface area (Å²) in [5.74, 6) is 1.46. The van der Waals surface area contributed by atoms with Crippen LogP contribution in [0.4, 0.5) is 0 Å². The number of hydrogen-bond acceptors (Lipinski definition) is 6. The molecule has 0 bridgehead atoms. The zero-order chi connectivity index (χ0) is 17.9. The van der Waals surface area contributed by atoms with Crippen molar-refractivity contribution in [3.05, 3.63) is 47.6 Å². The number of rotatable bonds is 6. The SMILES string of the molecule is CCc1noc([C@@H](C)N2CCN(C[C@@](C)(O)c3ccccc3)CC2)n1. The molecular weight excluding hydrogens is 316 g/mol. The maximum absolute atomic E-state index is 10.8. The fourth-order valence-electron chi connectivity index (χ4n) is 3.37. The van der Waals surface area contributed by atoms with Gasteiger partial charge in [0.15, 0.2) is 5.82 Å². The van der Waals surface area contributed by atoms with Crippen molar-refractivity contribution < 1.29 is 9.63 Å². The second kappa shape index (κ2) is 7.64. The van der Waals surface area contributed by atoms with Crippen molar-refractivity contribution >= 4 is 0 Å². The number of aryl methyl sites for hydroxylation is 1. The van der Waals surface area contributed by atoms with Crippen LogP contribution < -0.4 is 0 Å². The highest BCUT2D eigenvalue weighted by atomic mass is 16.5. The van der Waals surface area contributed by atoms with Crippen LogP contribution >= 0.6 is 0 Å². The lowest BCUT2D eigenvalue weighted by Gasteiger charge is -2.39. The van der Waals surface area contributed by atoms with Crippen molar-refractivity contribution in [2.24, 2.45) is 0 Å². The first-order valence-electron chi connectivity index (χ1n) is 9.06. The highest BCUT2D eigenvalue weighted by Gasteiger charge is 2.30. The van der Waals surface area contributed by atoms with E-state index in [1.165, 1.54) is 0 Å². The average molecular weight is 344 g/mol. The number of aromatic nitrogens is 2. The Labute approximate surface area is 149 Å². The number of β-amino-alcohol motifs (C(OH)–C–C–N with tert-alkyl or cyclic N) is 1. The van der Waals surface area contributed by atoms with Gasteiger partial charge in [-0.2, -0.15) is 4.98 Å². The van der Waals surface area contributed by atoms with E-state index in [9.17, 15) is 5.11 Å². The summed E-state index contributed by atoms with van der Waals surface area (Å²) in [6.45, 7) is 10.4. The summed E-state index contributed by atoms with van der Waals surface area (Å²) in [6, 6.07) is 10.0. The summed E-state index contributed by atoms with van der Waals surface area (Å²) >= 11 is 0. The Morgan fingerprint density at radius 3 is 2.48 bits per heavy atom. The van der Waals surface area contributed by atoms with E-state index in [1.54, 1.807) is 0 Å². The van der Waals surface area contributed by atoms with E-state index >= 15 is 0 Å². The monoisotopic (exact) mass is 344 g/mol. The second-order valence-electron chi connectivity index (χ2n) is 7.03. The van der Waals surface area contributed by atoms with E-state index in [0.717, 1.165) is 44.0 Å². The van der Waals surface area contributed by atoms with Crippen LogP contribution in [-0.4, -0.2) is 57.8 Å². The molecule has 0 saturated carbocycles. The van der Waals surface area contributed by atoms with Crippen LogP contribution in [0.5, 0.6) is 0 Å². The zero-order valence-corrected chi connectivity index (χ0v) is 15.4. The quantitative estimate of drug-likeness (QED) is 0.867. The van der Waals surface area contributed by atoms with Gasteiger partial charge in [-0.15, -0.1) is 0 Å². The molecule has 6 nitrogen and oxygen atoms in total. The first kappa shape index (κ1) is 18.0. The maximum Gasteiger partial charge on any atom is 0.243 e. The minimum Gasteiger partial charge on any atom is -0.384 e. The molecule has 2 aromatic rings. The van der Waals surface area contributed by atoms with Crippen LogP contribution in [0, 0.1) is 0 Å². The maximum atomic E-state index is 10.8. The molecule has 0 amide bonds. The zero-order valence-electron chi connectivity index (χ0n) is 15.4. The molecule has 1 aliphatic rings. The Morgan fingerprint density at radius 2 is 1.88 bits per heavy atom. The summed E-state index contributed by atoms with van der Waals surface area (Å²) in [5.41, 5.74) is 0.126. The molecule has 0 radical (unpaired) electrons. The Hall–Kier alpha value is -1.76. The first-order valence-corrected chi connectivity index (χ1v) is 9.06. The van der Waals surface area contributed by atoms with Crippen LogP contribution in [0.3, 0.4) is 0 Å². The van der Waals surface area contributed by atoms with Gasteiger partial charge in [-0.3, -0.25) is 9.80 Å². The molecule has 0 unspecified atom stereocenters. The Bertz CT molecular complexity index is 663. The summed E-state index contributed by atoms with van der Waals surface area (Å²) in [5, 5.41) is 14.8. The molecule has 25 heavy (non-hydrogen) atoms. The molecule has 1 N–H and O–H groups in total. The third-order valence-corrected chi connectivity index (χ3v) is 5.04. The van der Waals surface area contributed by atoms with Gasteiger partial charge < -0.3 is 9.63 Å². The minimum absolute atomic E-state index is 0.129. The Kier molecular flexibility index (Phi) is 5.51. The average Bonchev–Trinajstić information content (AvgIpc) is 3.11. The van der Waals surface area contributed by atoms with Crippen LogP contribution in [0.15, 0.2) is 34.9 Å². The van der Waals surface area contributed by atoms with Crippen LogP contribution in [0.25, 0.3) is 0 Å². The van der Waals surface area contributed by atoms with Crippen molar-refractivity contribution in [3.8, 4) is 0 Å². The standard InChI is InChI=1S/C19H28N4O2/c1-4-17-20-18(25-21-17)15(2)23-12-10-22(11-13-23)14-19(3,24)16-8-6-5-7-9-16/h5-9,15,24H,4,10-14H2,1-3H3/t15-,19-/m1/s1. The van der Waals surface area contributed by atoms with E-state index in [4.69, 9.17) is 4.52 Å². The highest BCUT2D eigenvalue weighted by Crippen LogP contribution is 2.24. The topological polar surface area (TPSA) is 65.6 Å². The van der Waals surface area contributed by atoms with Gasteiger partial charge in [-0.1, -0.05) is 42.4 Å². The summed E-state index contributed by atoms with van der Waals surface area (Å²) in [7, 11) is 0. The molecule has 2 atom stereocenters. The Morgan fingerprint density at radius 1 is 1.20 bits per heavy atom. The number of aliphatic hydroxyl groups is 1. The Balaban J connectivity index is 1.55. The molecule has 1 aromatic carbocycles. The number of piperazine rings is 1. The van der Waals surface area contributed by atoms with Gasteiger partial charge in [-0.05, 0) is 19.4 Å². The molecule has 1 fully saturated rings. The fourth-order valence-corrected chi connectivity index (χ4v) is 3.37. The van der Waals surface area contributed by atoms with Crippen molar-refractivity contribution in [2.45, 2.75) is 38.8 Å². The molecule has 136 valence electrons. The van der Waals surface area contributed by atoms with Gasteiger partial charge in [0.25, 0.3) is 0 Å².